The maximum Gasteiger partial charge on any atom is 1.00 e. The molecular formula is C15H33BNa. The summed E-state index contributed by atoms with van der Waals surface area (Å²) in [5.74, 6) is 4.88. The van der Waals surface area contributed by atoms with Crippen molar-refractivity contribution in [3.63, 3.8) is 0 Å². The Morgan fingerprint density at radius 3 is 0.765 bits per heavy atom. The van der Waals surface area contributed by atoms with E-state index in [4.69, 9.17) is 0 Å². The molecule has 0 fully saturated rings. The van der Waals surface area contributed by atoms with Gasteiger partial charge in [-0.1, -0.05) is 80.1 Å². The Kier molecular flexibility index (Phi) is 10.8. The van der Waals surface area contributed by atoms with E-state index in [1.165, 1.54) is 0 Å². The van der Waals surface area contributed by atoms with Gasteiger partial charge in [0.05, 0.1) is 0 Å². The van der Waals surface area contributed by atoms with Crippen molar-refractivity contribution in [2.75, 3.05) is 0 Å². The third kappa shape index (κ3) is 6.16. The van der Waals surface area contributed by atoms with E-state index in [-0.39, 0.29) is 29.6 Å². The van der Waals surface area contributed by atoms with Crippen LogP contribution in [0.4, 0.5) is 0 Å². The van der Waals surface area contributed by atoms with Crippen LogP contribution in [-0.4, -0.2) is 6.71 Å². The van der Waals surface area contributed by atoms with Crippen molar-refractivity contribution in [2.45, 2.75) is 79.8 Å². The molecule has 0 saturated heterocycles. The Hall–Kier alpha value is 1.06. The van der Waals surface area contributed by atoms with E-state index in [9.17, 15) is 0 Å². The molecule has 0 amide bonds. The van der Waals surface area contributed by atoms with Gasteiger partial charge in [0, 0.05) is 0 Å². The van der Waals surface area contributed by atoms with Gasteiger partial charge in [0.2, 0.25) is 0 Å². The van der Waals surface area contributed by atoms with E-state index in [0.29, 0.717) is 0 Å². The zero-order valence-corrected chi connectivity index (χ0v) is 16.0. The Bertz CT molecular complexity index is 156. The molecule has 1 radical (unpaired) electrons. The van der Waals surface area contributed by atoms with E-state index < -0.39 is 0 Å². The number of hydrogen-bond acceptors (Lipinski definition) is 0. The third-order valence-corrected chi connectivity index (χ3v) is 4.98. The molecule has 0 aromatic heterocycles. The van der Waals surface area contributed by atoms with Crippen molar-refractivity contribution in [3.8, 4) is 0 Å². The van der Waals surface area contributed by atoms with Gasteiger partial charge in [0.25, 0.3) is 0 Å². The summed E-state index contributed by atoms with van der Waals surface area (Å²) >= 11 is 0. The first-order valence-electron chi connectivity index (χ1n) is 7.20. The van der Waals surface area contributed by atoms with E-state index in [2.05, 4.69) is 62.3 Å². The first-order chi connectivity index (χ1) is 7.20. The van der Waals surface area contributed by atoms with Crippen LogP contribution in [0.15, 0.2) is 0 Å². The fraction of sp³-hybridized carbons (Fsp3) is 1.00. The summed E-state index contributed by atoms with van der Waals surface area (Å²) in [6.07, 6.45) is 0. The van der Waals surface area contributed by atoms with E-state index in [0.717, 1.165) is 41.9 Å². The third-order valence-electron chi connectivity index (χ3n) is 4.98. The summed E-state index contributed by atoms with van der Waals surface area (Å²) in [7, 11) is 0. The van der Waals surface area contributed by atoms with Gasteiger partial charge in [-0.25, -0.2) is 0 Å². The van der Waals surface area contributed by atoms with Gasteiger partial charge < -0.3 is 0 Å². The van der Waals surface area contributed by atoms with E-state index in [1.54, 1.807) is 0 Å². The van der Waals surface area contributed by atoms with Crippen LogP contribution in [0, 0.1) is 17.8 Å². The Balaban J connectivity index is 0. The van der Waals surface area contributed by atoms with Crippen LogP contribution >= 0.6 is 0 Å². The van der Waals surface area contributed by atoms with Crippen molar-refractivity contribution in [1.29, 1.82) is 0 Å². The Labute approximate surface area is 133 Å². The quantitative estimate of drug-likeness (QED) is 0.633. The van der Waals surface area contributed by atoms with Gasteiger partial charge in [-0.3, -0.25) is 0 Å². The smallest absolute Gasteiger partial charge is 0.197 e. The van der Waals surface area contributed by atoms with Gasteiger partial charge in [-0.05, 0) is 0 Å². The second-order valence-electron chi connectivity index (χ2n) is 6.89. The Morgan fingerprint density at radius 1 is 0.471 bits per heavy atom. The summed E-state index contributed by atoms with van der Waals surface area (Å²) in [5.41, 5.74) is 0. The predicted octanol–water partition coefficient (Wildman–Crippen LogP) is 2.62. The fourth-order valence-corrected chi connectivity index (χ4v) is 2.77. The average Bonchev–Trinajstić information content (AvgIpc) is 2.16. The Morgan fingerprint density at radius 2 is 0.647 bits per heavy atom. The summed E-state index contributed by atoms with van der Waals surface area (Å²) in [6.45, 7) is 22.5. The predicted molar refractivity (Wildman–Crippen MR) is 78.5 cm³/mol. The molecule has 0 aromatic rings. The summed E-state index contributed by atoms with van der Waals surface area (Å²) in [5, 5.41) is 0. The van der Waals surface area contributed by atoms with Gasteiger partial charge in [-0.15, -0.1) is 6.71 Å². The molecule has 0 saturated carbocycles. The minimum atomic E-state index is 0. The standard InChI is InChI=1S/C15H33B.Na/c1-10(2)13(7)16(14(8)11(3)4)15(9)12(5)6;/h10-15H,1-9H3;/q-1;+1. The fourth-order valence-electron chi connectivity index (χ4n) is 2.77. The number of rotatable bonds is 6. The van der Waals surface area contributed by atoms with E-state index in [1.807, 2.05) is 0 Å². The van der Waals surface area contributed by atoms with Gasteiger partial charge >= 0.3 is 29.6 Å². The van der Waals surface area contributed by atoms with Crippen LogP contribution in [-0.2, 0) is 0 Å². The molecular weight excluding hydrogens is 214 g/mol. The van der Waals surface area contributed by atoms with Crippen molar-refractivity contribution in [1.82, 2.24) is 0 Å². The molecule has 0 aliphatic heterocycles. The monoisotopic (exact) mass is 247 g/mol. The van der Waals surface area contributed by atoms with Crippen molar-refractivity contribution >= 4 is 6.71 Å². The zero-order chi connectivity index (χ0) is 13.0. The minimum Gasteiger partial charge on any atom is -0.197 e. The molecule has 97 valence electrons. The summed E-state index contributed by atoms with van der Waals surface area (Å²) in [6, 6.07) is 0. The van der Waals surface area contributed by atoms with Crippen LogP contribution in [0.3, 0.4) is 0 Å². The molecule has 3 atom stereocenters. The van der Waals surface area contributed by atoms with Crippen molar-refractivity contribution in [2.24, 2.45) is 17.8 Å². The maximum absolute atomic E-state index is 2.45. The number of hydrogen-bond donors (Lipinski definition) is 0. The average molecular weight is 247 g/mol. The normalized spacial score (nSPS) is 17.5. The molecule has 0 N–H and O–H groups in total. The zero-order valence-electron chi connectivity index (χ0n) is 14.0. The first kappa shape index (κ1) is 20.4. The van der Waals surface area contributed by atoms with Crippen molar-refractivity contribution in [3.05, 3.63) is 0 Å². The maximum atomic E-state index is 2.45. The van der Waals surface area contributed by atoms with Crippen LogP contribution in [0.5, 0.6) is 0 Å². The van der Waals surface area contributed by atoms with Crippen LogP contribution in [0.25, 0.3) is 0 Å². The molecule has 0 rings (SSSR count). The van der Waals surface area contributed by atoms with Crippen LogP contribution in [0.1, 0.15) is 62.3 Å². The molecule has 0 heterocycles. The molecule has 0 aliphatic carbocycles. The second-order valence-corrected chi connectivity index (χ2v) is 6.89. The van der Waals surface area contributed by atoms with Gasteiger partial charge in [-0.2, -0.15) is 17.5 Å². The summed E-state index contributed by atoms with van der Waals surface area (Å²) < 4.78 is 0. The van der Waals surface area contributed by atoms with Crippen LogP contribution < -0.4 is 29.6 Å². The topological polar surface area (TPSA) is 0 Å². The molecule has 0 aliphatic rings. The molecule has 0 bridgehead atoms. The molecule has 0 spiro atoms. The SMILES string of the molecule is CC(C)C(C)[B-](C(C)C(C)C)C(C)C(C)C.[Na+]. The van der Waals surface area contributed by atoms with Crippen molar-refractivity contribution < 1.29 is 29.6 Å². The van der Waals surface area contributed by atoms with Gasteiger partial charge in [0.15, 0.2) is 0 Å². The molecule has 2 heteroatoms. The summed E-state index contributed by atoms with van der Waals surface area (Å²) in [4.78, 5) is 0. The van der Waals surface area contributed by atoms with E-state index >= 15 is 0 Å². The van der Waals surface area contributed by atoms with Gasteiger partial charge in [0.1, 0.15) is 0 Å². The molecule has 17 heavy (non-hydrogen) atoms. The van der Waals surface area contributed by atoms with Crippen LogP contribution in [0.2, 0.25) is 17.5 Å². The molecule has 0 nitrogen and oxygen atoms in total. The minimum absolute atomic E-state index is 0. The molecule has 3 unspecified atom stereocenters. The second kappa shape index (κ2) is 9.05. The largest absolute Gasteiger partial charge is 1.00 e. The molecule has 0 aromatic carbocycles. The first-order valence-corrected chi connectivity index (χ1v) is 7.20.